The molecule has 1 aromatic carbocycles. The summed E-state index contributed by atoms with van der Waals surface area (Å²) in [5.74, 6) is -1.34. The number of nitrogens with two attached hydrogens (primary N) is 1. The second-order valence-corrected chi connectivity index (χ2v) is 5.44. The van der Waals surface area contributed by atoms with Crippen LogP contribution in [0, 0.1) is 11.6 Å². The summed E-state index contributed by atoms with van der Waals surface area (Å²) in [6, 6.07) is 2.93. The Bertz CT molecular complexity index is 406. The lowest BCUT2D eigenvalue weighted by Gasteiger charge is -2.20. The average molecular weight is 240 g/mol. The van der Waals surface area contributed by atoms with Crippen LogP contribution < -0.4 is 11.1 Å². The number of rotatable bonds is 2. The van der Waals surface area contributed by atoms with Crippen molar-refractivity contribution in [2.75, 3.05) is 5.73 Å². The van der Waals surface area contributed by atoms with Crippen molar-refractivity contribution >= 4 is 5.69 Å². The Morgan fingerprint density at radius 1 is 1.35 bits per heavy atom. The van der Waals surface area contributed by atoms with E-state index in [2.05, 4.69) is 19.2 Å². The van der Waals surface area contributed by atoms with E-state index < -0.39 is 17.3 Å². The van der Waals surface area contributed by atoms with Gasteiger partial charge in [-0.3, -0.25) is 0 Å². The molecule has 0 saturated carbocycles. The monoisotopic (exact) mass is 240 g/mol. The van der Waals surface area contributed by atoms with Gasteiger partial charge in [0.15, 0.2) is 0 Å². The van der Waals surface area contributed by atoms with Gasteiger partial charge in [-0.05, 0) is 50.8 Å². The molecular weight excluding hydrogens is 222 g/mol. The van der Waals surface area contributed by atoms with E-state index in [0.717, 1.165) is 12.8 Å². The van der Waals surface area contributed by atoms with Gasteiger partial charge < -0.3 is 11.1 Å². The molecule has 2 rings (SSSR count). The molecule has 1 heterocycles. The second kappa shape index (κ2) is 4.26. The molecule has 0 spiro atoms. The highest BCUT2D eigenvalue weighted by Crippen LogP contribution is 2.25. The number of halogens is 2. The molecule has 1 fully saturated rings. The molecule has 0 aliphatic carbocycles. The van der Waals surface area contributed by atoms with Crippen LogP contribution in [-0.4, -0.2) is 11.6 Å². The highest BCUT2D eigenvalue weighted by molar-refractivity contribution is 5.43. The first-order chi connectivity index (χ1) is 7.87. The average Bonchev–Trinajstić information content (AvgIpc) is 2.54. The van der Waals surface area contributed by atoms with Gasteiger partial charge in [-0.15, -0.1) is 0 Å². The molecule has 3 N–H and O–H groups in total. The smallest absolute Gasteiger partial charge is 0.149 e. The first kappa shape index (κ1) is 12.3. The summed E-state index contributed by atoms with van der Waals surface area (Å²) in [5.41, 5.74) is 5.62. The molecule has 0 unspecified atom stereocenters. The second-order valence-electron chi connectivity index (χ2n) is 5.44. The number of nitrogen functional groups attached to an aromatic ring is 1. The van der Waals surface area contributed by atoms with E-state index in [1.165, 1.54) is 12.1 Å². The molecular formula is C13H18F2N2. The van der Waals surface area contributed by atoms with Gasteiger partial charge in [-0.1, -0.05) is 0 Å². The van der Waals surface area contributed by atoms with Gasteiger partial charge in [0.25, 0.3) is 0 Å². The number of benzene rings is 1. The van der Waals surface area contributed by atoms with Crippen molar-refractivity contribution < 1.29 is 8.78 Å². The van der Waals surface area contributed by atoms with Crippen LogP contribution >= 0.6 is 0 Å². The Balaban J connectivity index is 2.10. The molecule has 0 radical (unpaired) electrons. The summed E-state index contributed by atoms with van der Waals surface area (Å²) < 4.78 is 26.6. The Labute approximate surface area is 100 Å². The van der Waals surface area contributed by atoms with Crippen molar-refractivity contribution in [1.29, 1.82) is 0 Å². The van der Waals surface area contributed by atoms with E-state index in [1.54, 1.807) is 0 Å². The highest BCUT2D eigenvalue weighted by atomic mass is 19.1. The third-order valence-electron chi connectivity index (χ3n) is 3.33. The Hall–Kier alpha value is -1.16. The molecule has 1 aromatic rings. The molecule has 1 aliphatic heterocycles. The van der Waals surface area contributed by atoms with Crippen molar-refractivity contribution in [2.45, 2.75) is 44.7 Å². The fraction of sp³-hybridized carbons (Fsp3) is 0.538. The molecule has 0 amide bonds. The number of nitrogens with one attached hydrogen (secondary N) is 1. The molecule has 1 atom stereocenters. The highest BCUT2D eigenvalue weighted by Gasteiger charge is 2.29. The van der Waals surface area contributed by atoms with E-state index in [1.807, 2.05) is 0 Å². The minimum atomic E-state index is -0.669. The first-order valence-electron chi connectivity index (χ1n) is 5.88. The van der Waals surface area contributed by atoms with Crippen molar-refractivity contribution in [3.05, 3.63) is 29.3 Å². The van der Waals surface area contributed by atoms with Crippen LogP contribution in [0.1, 0.15) is 32.3 Å². The number of hydrogen-bond donors (Lipinski definition) is 2. The van der Waals surface area contributed by atoms with Gasteiger partial charge in [-0.2, -0.15) is 0 Å². The van der Waals surface area contributed by atoms with Gasteiger partial charge >= 0.3 is 0 Å². The topological polar surface area (TPSA) is 38.0 Å². The van der Waals surface area contributed by atoms with Gasteiger partial charge in [0.05, 0.1) is 0 Å². The SMILES string of the molecule is CC1(C)CC[C@H](Cc2cc(F)c(N)c(F)c2)N1. The van der Waals surface area contributed by atoms with Crippen molar-refractivity contribution in [1.82, 2.24) is 5.32 Å². The van der Waals surface area contributed by atoms with E-state index in [-0.39, 0.29) is 11.6 Å². The molecule has 1 aliphatic rings. The molecule has 4 heteroatoms. The van der Waals surface area contributed by atoms with Gasteiger partial charge in [0.2, 0.25) is 0 Å². The van der Waals surface area contributed by atoms with Gasteiger partial charge in [-0.25, -0.2) is 8.78 Å². The summed E-state index contributed by atoms with van der Waals surface area (Å²) in [5, 5.41) is 3.46. The third-order valence-corrected chi connectivity index (χ3v) is 3.33. The zero-order valence-corrected chi connectivity index (χ0v) is 10.2. The fourth-order valence-corrected chi connectivity index (χ4v) is 2.42. The minimum Gasteiger partial charge on any atom is -0.394 e. The molecule has 1 saturated heterocycles. The van der Waals surface area contributed by atoms with Crippen LogP contribution in [0.3, 0.4) is 0 Å². The lowest BCUT2D eigenvalue weighted by molar-refractivity contribution is 0.427. The van der Waals surface area contributed by atoms with Crippen molar-refractivity contribution in [3.63, 3.8) is 0 Å². The normalized spacial score (nSPS) is 22.9. The van der Waals surface area contributed by atoms with Crippen LogP contribution in [0.15, 0.2) is 12.1 Å². The van der Waals surface area contributed by atoms with Crippen molar-refractivity contribution in [3.8, 4) is 0 Å². The lowest BCUT2D eigenvalue weighted by Crippen LogP contribution is -2.38. The molecule has 94 valence electrons. The van der Waals surface area contributed by atoms with E-state index in [9.17, 15) is 8.78 Å². The zero-order valence-electron chi connectivity index (χ0n) is 10.2. The maximum atomic E-state index is 13.3. The molecule has 2 nitrogen and oxygen atoms in total. The standard InChI is InChI=1S/C13H18F2N2/c1-13(2)4-3-9(17-13)5-8-6-10(14)12(16)11(15)7-8/h6-7,9,17H,3-5,16H2,1-2H3/t9-/m1/s1. The number of hydrogen-bond acceptors (Lipinski definition) is 2. The summed E-state index contributed by atoms with van der Waals surface area (Å²) >= 11 is 0. The summed E-state index contributed by atoms with van der Waals surface area (Å²) in [7, 11) is 0. The van der Waals surface area contributed by atoms with E-state index in [0.29, 0.717) is 12.0 Å². The minimum absolute atomic E-state index is 0.121. The predicted octanol–water partition coefficient (Wildman–Crippen LogP) is 2.62. The van der Waals surface area contributed by atoms with Crippen LogP contribution in [-0.2, 0) is 6.42 Å². The molecule has 0 bridgehead atoms. The molecule has 17 heavy (non-hydrogen) atoms. The van der Waals surface area contributed by atoms with Crippen LogP contribution in [0.2, 0.25) is 0 Å². The summed E-state index contributed by atoms with van der Waals surface area (Å²) in [6.07, 6.45) is 2.75. The molecule has 0 aromatic heterocycles. The Morgan fingerprint density at radius 3 is 2.41 bits per heavy atom. The van der Waals surface area contributed by atoms with Crippen molar-refractivity contribution in [2.24, 2.45) is 0 Å². The van der Waals surface area contributed by atoms with Crippen LogP contribution in [0.5, 0.6) is 0 Å². The summed E-state index contributed by atoms with van der Waals surface area (Å²) in [6.45, 7) is 4.27. The Morgan fingerprint density at radius 2 is 1.94 bits per heavy atom. The van der Waals surface area contributed by atoms with E-state index in [4.69, 9.17) is 5.73 Å². The first-order valence-corrected chi connectivity index (χ1v) is 5.88. The lowest BCUT2D eigenvalue weighted by atomic mass is 10.0. The Kier molecular flexibility index (Phi) is 3.08. The predicted molar refractivity (Wildman–Crippen MR) is 64.7 cm³/mol. The fourth-order valence-electron chi connectivity index (χ4n) is 2.42. The third kappa shape index (κ3) is 2.75. The quantitative estimate of drug-likeness (QED) is 0.780. The number of anilines is 1. The van der Waals surface area contributed by atoms with Gasteiger partial charge in [0, 0.05) is 11.6 Å². The van der Waals surface area contributed by atoms with Gasteiger partial charge in [0.1, 0.15) is 17.3 Å². The van der Waals surface area contributed by atoms with Crippen LogP contribution in [0.25, 0.3) is 0 Å². The van der Waals surface area contributed by atoms with Crippen LogP contribution in [0.4, 0.5) is 14.5 Å². The largest absolute Gasteiger partial charge is 0.394 e. The zero-order chi connectivity index (χ0) is 12.6. The maximum absolute atomic E-state index is 13.3. The maximum Gasteiger partial charge on any atom is 0.149 e. The summed E-state index contributed by atoms with van der Waals surface area (Å²) in [4.78, 5) is 0. The van der Waals surface area contributed by atoms with E-state index >= 15 is 0 Å².